The van der Waals surface area contributed by atoms with Crippen molar-refractivity contribution in [2.24, 2.45) is 5.73 Å². The minimum Gasteiger partial charge on any atom is -0.497 e. The largest absolute Gasteiger partial charge is 0.497 e. The maximum Gasteiger partial charge on any atom is 0.237 e. The number of aromatic nitrogens is 1. The van der Waals surface area contributed by atoms with Crippen LogP contribution in [0.25, 0.3) is 10.2 Å². The third-order valence-corrected chi connectivity index (χ3v) is 4.50. The second kappa shape index (κ2) is 6.66. The summed E-state index contributed by atoms with van der Waals surface area (Å²) in [4.78, 5) is 17.9. The fraction of sp³-hybridized carbons (Fsp3) is 0.176. The van der Waals surface area contributed by atoms with Gasteiger partial charge in [0.25, 0.3) is 0 Å². The SMILES string of the molecule is COc1cccc(CN(CC(N)=O)c2nc3ccccc3s2)c1. The molecule has 0 bridgehead atoms. The molecule has 0 aliphatic heterocycles. The highest BCUT2D eigenvalue weighted by molar-refractivity contribution is 7.22. The monoisotopic (exact) mass is 327 g/mol. The number of amides is 1. The van der Waals surface area contributed by atoms with Gasteiger partial charge in [-0.25, -0.2) is 4.98 Å². The zero-order valence-electron chi connectivity index (χ0n) is 12.7. The molecule has 2 aromatic carbocycles. The van der Waals surface area contributed by atoms with Crippen LogP contribution in [-0.2, 0) is 11.3 Å². The number of hydrogen-bond donors (Lipinski definition) is 1. The fourth-order valence-corrected chi connectivity index (χ4v) is 3.33. The molecular weight excluding hydrogens is 310 g/mol. The number of benzene rings is 2. The van der Waals surface area contributed by atoms with E-state index in [1.807, 2.05) is 53.4 Å². The molecule has 6 heteroatoms. The van der Waals surface area contributed by atoms with Crippen molar-refractivity contribution in [2.45, 2.75) is 6.54 Å². The van der Waals surface area contributed by atoms with Gasteiger partial charge in [-0.2, -0.15) is 0 Å². The number of nitrogens with zero attached hydrogens (tertiary/aromatic N) is 2. The topological polar surface area (TPSA) is 68.5 Å². The molecule has 0 fully saturated rings. The number of nitrogens with two attached hydrogens (primary N) is 1. The lowest BCUT2D eigenvalue weighted by Gasteiger charge is -2.20. The summed E-state index contributed by atoms with van der Waals surface area (Å²) in [5, 5.41) is 0.785. The quantitative estimate of drug-likeness (QED) is 0.756. The number of methoxy groups -OCH3 is 1. The number of carbonyl (C=O) groups is 1. The van der Waals surface area contributed by atoms with Gasteiger partial charge in [0.2, 0.25) is 5.91 Å². The summed E-state index contributed by atoms with van der Waals surface area (Å²) >= 11 is 1.55. The van der Waals surface area contributed by atoms with Gasteiger partial charge in [0.05, 0.1) is 23.9 Å². The van der Waals surface area contributed by atoms with Crippen LogP contribution >= 0.6 is 11.3 Å². The molecule has 3 aromatic rings. The van der Waals surface area contributed by atoms with Crippen LogP contribution in [0.15, 0.2) is 48.5 Å². The minimum atomic E-state index is -0.382. The first kappa shape index (κ1) is 15.3. The molecule has 1 heterocycles. The first-order valence-corrected chi connectivity index (χ1v) is 7.99. The van der Waals surface area contributed by atoms with Gasteiger partial charge in [-0.3, -0.25) is 4.79 Å². The van der Waals surface area contributed by atoms with E-state index in [9.17, 15) is 4.79 Å². The van der Waals surface area contributed by atoms with E-state index in [0.717, 1.165) is 26.7 Å². The second-order valence-corrected chi connectivity index (χ2v) is 6.15. The van der Waals surface area contributed by atoms with Gasteiger partial charge in [-0.1, -0.05) is 35.6 Å². The van der Waals surface area contributed by atoms with Crippen LogP contribution in [-0.4, -0.2) is 24.5 Å². The Morgan fingerprint density at radius 3 is 2.83 bits per heavy atom. The van der Waals surface area contributed by atoms with Gasteiger partial charge in [-0.05, 0) is 29.8 Å². The number of rotatable bonds is 6. The number of ether oxygens (including phenoxy) is 1. The Kier molecular flexibility index (Phi) is 4.43. The van der Waals surface area contributed by atoms with Crippen LogP contribution in [0.1, 0.15) is 5.56 Å². The predicted molar refractivity (Wildman–Crippen MR) is 92.9 cm³/mol. The summed E-state index contributed by atoms with van der Waals surface area (Å²) in [6.07, 6.45) is 0. The number of thiazole rings is 1. The van der Waals surface area contributed by atoms with Crippen LogP contribution in [0.4, 0.5) is 5.13 Å². The molecule has 5 nitrogen and oxygen atoms in total. The fourth-order valence-electron chi connectivity index (χ4n) is 2.37. The zero-order valence-corrected chi connectivity index (χ0v) is 13.5. The van der Waals surface area contributed by atoms with Crippen molar-refractivity contribution in [3.63, 3.8) is 0 Å². The van der Waals surface area contributed by atoms with Gasteiger partial charge in [0, 0.05) is 6.54 Å². The predicted octanol–water partition coefficient (Wildman–Crippen LogP) is 2.80. The third kappa shape index (κ3) is 3.60. The summed E-state index contributed by atoms with van der Waals surface area (Å²) < 4.78 is 6.33. The lowest BCUT2D eigenvalue weighted by molar-refractivity contribution is -0.116. The molecule has 3 rings (SSSR count). The number of para-hydroxylation sites is 1. The van der Waals surface area contributed by atoms with Gasteiger partial charge in [0.1, 0.15) is 5.75 Å². The second-order valence-electron chi connectivity index (χ2n) is 5.14. The maximum atomic E-state index is 11.4. The van der Waals surface area contributed by atoms with Crippen molar-refractivity contribution in [1.82, 2.24) is 4.98 Å². The summed E-state index contributed by atoms with van der Waals surface area (Å²) in [6, 6.07) is 15.7. The summed E-state index contributed by atoms with van der Waals surface area (Å²) in [5.41, 5.74) is 7.36. The van der Waals surface area contributed by atoms with Gasteiger partial charge in [0.15, 0.2) is 5.13 Å². The number of primary amides is 1. The highest BCUT2D eigenvalue weighted by atomic mass is 32.1. The van der Waals surface area contributed by atoms with Crippen molar-refractivity contribution >= 4 is 32.6 Å². The van der Waals surface area contributed by atoms with Crippen LogP contribution in [0.5, 0.6) is 5.75 Å². The van der Waals surface area contributed by atoms with Crippen LogP contribution in [0.3, 0.4) is 0 Å². The van der Waals surface area contributed by atoms with E-state index in [-0.39, 0.29) is 12.5 Å². The molecule has 118 valence electrons. The van der Waals surface area contributed by atoms with E-state index < -0.39 is 0 Å². The smallest absolute Gasteiger partial charge is 0.237 e. The van der Waals surface area contributed by atoms with E-state index in [4.69, 9.17) is 10.5 Å². The Bertz CT molecular complexity index is 798. The van der Waals surface area contributed by atoms with E-state index in [1.165, 1.54) is 0 Å². The highest BCUT2D eigenvalue weighted by Gasteiger charge is 2.15. The Balaban J connectivity index is 1.91. The van der Waals surface area contributed by atoms with Crippen molar-refractivity contribution in [2.75, 3.05) is 18.6 Å². The van der Waals surface area contributed by atoms with Crippen LogP contribution in [0, 0.1) is 0 Å². The molecular formula is C17H17N3O2S. The zero-order chi connectivity index (χ0) is 16.2. The lowest BCUT2D eigenvalue weighted by atomic mass is 10.2. The molecule has 0 saturated carbocycles. The molecule has 0 radical (unpaired) electrons. The lowest BCUT2D eigenvalue weighted by Crippen LogP contribution is -2.33. The Labute approximate surface area is 138 Å². The molecule has 0 atom stereocenters. The van der Waals surface area contributed by atoms with E-state index in [0.29, 0.717) is 6.54 Å². The van der Waals surface area contributed by atoms with Crippen molar-refractivity contribution in [1.29, 1.82) is 0 Å². The minimum absolute atomic E-state index is 0.122. The van der Waals surface area contributed by atoms with Crippen LogP contribution < -0.4 is 15.4 Å². The van der Waals surface area contributed by atoms with E-state index >= 15 is 0 Å². The molecule has 0 aliphatic rings. The van der Waals surface area contributed by atoms with E-state index in [1.54, 1.807) is 18.4 Å². The molecule has 1 amide bonds. The third-order valence-electron chi connectivity index (χ3n) is 3.41. The average Bonchev–Trinajstić information content (AvgIpc) is 2.98. The molecule has 0 unspecified atom stereocenters. The summed E-state index contributed by atoms with van der Waals surface area (Å²) in [6.45, 7) is 0.664. The molecule has 0 saturated heterocycles. The highest BCUT2D eigenvalue weighted by Crippen LogP contribution is 2.29. The van der Waals surface area contributed by atoms with Gasteiger partial charge < -0.3 is 15.4 Å². The number of anilines is 1. The molecule has 0 spiro atoms. The Hall–Kier alpha value is -2.60. The summed E-state index contributed by atoms with van der Waals surface area (Å²) in [5.74, 6) is 0.401. The first-order chi connectivity index (χ1) is 11.2. The van der Waals surface area contributed by atoms with Gasteiger partial charge in [-0.15, -0.1) is 0 Å². The first-order valence-electron chi connectivity index (χ1n) is 7.17. The van der Waals surface area contributed by atoms with Crippen LogP contribution in [0.2, 0.25) is 0 Å². The van der Waals surface area contributed by atoms with Gasteiger partial charge >= 0.3 is 0 Å². The molecule has 0 aliphatic carbocycles. The Morgan fingerprint density at radius 1 is 1.26 bits per heavy atom. The van der Waals surface area contributed by atoms with Crippen molar-refractivity contribution in [3.8, 4) is 5.75 Å². The van der Waals surface area contributed by atoms with Crippen molar-refractivity contribution < 1.29 is 9.53 Å². The van der Waals surface area contributed by atoms with Crippen molar-refractivity contribution in [3.05, 3.63) is 54.1 Å². The number of hydrogen-bond acceptors (Lipinski definition) is 5. The maximum absolute atomic E-state index is 11.4. The standard InChI is InChI=1S/C17H17N3O2S/c1-22-13-6-4-5-12(9-13)10-20(11-16(18)21)17-19-14-7-2-3-8-15(14)23-17/h2-9H,10-11H2,1H3,(H2,18,21). The Morgan fingerprint density at radius 2 is 2.09 bits per heavy atom. The molecule has 23 heavy (non-hydrogen) atoms. The number of fused-ring (bicyclic) bond motifs is 1. The molecule has 2 N–H and O–H groups in total. The number of carbonyl (C=O) groups excluding carboxylic acids is 1. The normalized spacial score (nSPS) is 10.7. The summed E-state index contributed by atoms with van der Waals surface area (Å²) in [7, 11) is 1.63. The van der Waals surface area contributed by atoms with E-state index in [2.05, 4.69) is 4.98 Å². The average molecular weight is 327 g/mol. The molecule has 1 aromatic heterocycles.